The summed E-state index contributed by atoms with van der Waals surface area (Å²) in [6.45, 7) is 2.45. The first-order valence-electron chi connectivity index (χ1n) is 7.46. The molecule has 0 aliphatic carbocycles. The molecule has 0 saturated carbocycles. The first-order valence-corrected chi connectivity index (χ1v) is 7.46. The third kappa shape index (κ3) is 2.93. The normalized spacial score (nSPS) is 21.7. The van der Waals surface area contributed by atoms with Crippen molar-refractivity contribution in [3.05, 3.63) is 35.9 Å². The molecule has 0 bridgehead atoms. The summed E-state index contributed by atoms with van der Waals surface area (Å²) in [5.41, 5.74) is -0.112. The summed E-state index contributed by atoms with van der Waals surface area (Å²) in [5, 5.41) is 11.6. The van der Waals surface area contributed by atoms with Crippen molar-refractivity contribution in [2.75, 3.05) is 13.2 Å². The molecular weight excluding hydrogens is 268 g/mol. The molecule has 2 N–H and O–H groups in total. The summed E-state index contributed by atoms with van der Waals surface area (Å²) in [5.74, 6) is -0.176. The number of unbranched alkanes of at least 4 members (excludes halogenated alkanes) is 2. The quantitative estimate of drug-likeness (QED) is 0.596. The van der Waals surface area contributed by atoms with Gasteiger partial charge in [-0.3, -0.25) is 9.69 Å². The van der Waals surface area contributed by atoms with Gasteiger partial charge in [0.1, 0.15) is 5.54 Å². The van der Waals surface area contributed by atoms with Gasteiger partial charge < -0.3 is 10.4 Å². The molecular formula is C16H22N2O3. The minimum Gasteiger partial charge on any atom is -0.396 e. The maximum atomic E-state index is 12.7. The van der Waals surface area contributed by atoms with E-state index in [0.29, 0.717) is 25.8 Å². The van der Waals surface area contributed by atoms with Gasteiger partial charge in [-0.2, -0.15) is 0 Å². The zero-order valence-electron chi connectivity index (χ0n) is 12.3. The fraction of sp³-hybridized carbons (Fsp3) is 0.500. The second kappa shape index (κ2) is 6.72. The number of urea groups is 1. The maximum Gasteiger partial charge on any atom is 0.325 e. The number of nitrogens with one attached hydrogen (secondary N) is 1. The van der Waals surface area contributed by atoms with Crippen LogP contribution < -0.4 is 5.32 Å². The molecule has 1 aliphatic heterocycles. The predicted octanol–water partition coefficient (Wildman–Crippen LogP) is 2.01. The van der Waals surface area contributed by atoms with E-state index < -0.39 is 5.54 Å². The lowest BCUT2D eigenvalue weighted by Gasteiger charge is -2.25. The Morgan fingerprint density at radius 2 is 1.86 bits per heavy atom. The van der Waals surface area contributed by atoms with Gasteiger partial charge in [-0.15, -0.1) is 0 Å². The molecule has 0 radical (unpaired) electrons. The highest BCUT2D eigenvalue weighted by Gasteiger charge is 2.50. The monoisotopic (exact) mass is 290 g/mol. The number of aliphatic hydroxyl groups is 1. The molecule has 21 heavy (non-hydrogen) atoms. The van der Waals surface area contributed by atoms with Crippen molar-refractivity contribution < 1.29 is 14.7 Å². The lowest BCUT2D eigenvalue weighted by molar-refractivity contribution is -0.131. The Morgan fingerprint density at radius 1 is 1.14 bits per heavy atom. The van der Waals surface area contributed by atoms with E-state index in [-0.39, 0.29) is 18.5 Å². The molecule has 114 valence electrons. The summed E-state index contributed by atoms with van der Waals surface area (Å²) in [7, 11) is 0. The third-order valence-electron chi connectivity index (χ3n) is 4.01. The van der Waals surface area contributed by atoms with Gasteiger partial charge >= 0.3 is 6.03 Å². The summed E-state index contributed by atoms with van der Waals surface area (Å²) in [4.78, 5) is 26.2. The van der Waals surface area contributed by atoms with Crippen molar-refractivity contribution in [1.29, 1.82) is 0 Å². The third-order valence-corrected chi connectivity index (χ3v) is 4.01. The van der Waals surface area contributed by atoms with Crippen LogP contribution >= 0.6 is 0 Å². The van der Waals surface area contributed by atoms with Gasteiger partial charge in [-0.05, 0) is 31.2 Å². The summed E-state index contributed by atoms with van der Waals surface area (Å²) in [6.07, 6.45) is 2.74. The topological polar surface area (TPSA) is 69.6 Å². The molecule has 1 aromatic rings. The van der Waals surface area contributed by atoms with E-state index in [9.17, 15) is 9.59 Å². The molecule has 1 fully saturated rings. The maximum absolute atomic E-state index is 12.7. The fourth-order valence-corrected chi connectivity index (χ4v) is 2.75. The zero-order valence-corrected chi connectivity index (χ0v) is 12.3. The smallest absolute Gasteiger partial charge is 0.325 e. The number of benzene rings is 1. The Morgan fingerprint density at radius 3 is 2.48 bits per heavy atom. The lowest BCUT2D eigenvalue weighted by Crippen LogP contribution is -2.43. The average molecular weight is 290 g/mol. The summed E-state index contributed by atoms with van der Waals surface area (Å²) >= 11 is 0. The second-order valence-electron chi connectivity index (χ2n) is 5.30. The summed E-state index contributed by atoms with van der Waals surface area (Å²) in [6, 6.07) is 9.05. The molecule has 1 saturated heterocycles. The SMILES string of the molecule is CCC1(c2ccccc2)NC(=O)N(CCCCCO)C1=O. The van der Waals surface area contributed by atoms with Crippen molar-refractivity contribution in [2.45, 2.75) is 38.1 Å². The lowest BCUT2D eigenvalue weighted by atomic mass is 9.87. The van der Waals surface area contributed by atoms with E-state index in [4.69, 9.17) is 5.11 Å². The molecule has 0 aromatic heterocycles. The van der Waals surface area contributed by atoms with Crippen LogP contribution in [0.1, 0.15) is 38.2 Å². The number of imide groups is 1. The van der Waals surface area contributed by atoms with Crippen LogP contribution in [0.2, 0.25) is 0 Å². The molecule has 5 nitrogen and oxygen atoms in total. The van der Waals surface area contributed by atoms with Gasteiger partial charge in [-0.25, -0.2) is 4.79 Å². The van der Waals surface area contributed by atoms with Crippen molar-refractivity contribution >= 4 is 11.9 Å². The van der Waals surface area contributed by atoms with E-state index in [1.165, 1.54) is 4.90 Å². The van der Waals surface area contributed by atoms with Crippen LogP contribution in [0.4, 0.5) is 4.79 Å². The van der Waals surface area contributed by atoms with Crippen molar-refractivity contribution in [3.63, 3.8) is 0 Å². The number of carbonyl (C=O) groups excluding carboxylic acids is 2. The Bertz CT molecular complexity index is 504. The van der Waals surface area contributed by atoms with Crippen molar-refractivity contribution in [3.8, 4) is 0 Å². The van der Waals surface area contributed by atoms with E-state index in [1.54, 1.807) is 0 Å². The van der Waals surface area contributed by atoms with Crippen LogP contribution in [0.15, 0.2) is 30.3 Å². The van der Waals surface area contributed by atoms with Crippen molar-refractivity contribution in [2.24, 2.45) is 0 Å². The molecule has 0 spiro atoms. The van der Waals surface area contributed by atoms with Crippen LogP contribution in [0.5, 0.6) is 0 Å². The highest BCUT2D eigenvalue weighted by atomic mass is 16.3. The van der Waals surface area contributed by atoms with Gasteiger partial charge in [0.25, 0.3) is 5.91 Å². The number of carbonyl (C=O) groups is 2. The highest BCUT2D eigenvalue weighted by molar-refractivity contribution is 6.07. The molecule has 5 heteroatoms. The predicted molar refractivity (Wildman–Crippen MR) is 79.6 cm³/mol. The Hall–Kier alpha value is -1.88. The van der Waals surface area contributed by atoms with Crippen LogP contribution in [0.25, 0.3) is 0 Å². The second-order valence-corrected chi connectivity index (χ2v) is 5.30. The molecule has 1 heterocycles. The molecule has 1 aliphatic rings. The number of nitrogens with zero attached hydrogens (tertiary/aromatic N) is 1. The van der Waals surface area contributed by atoms with Gasteiger partial charge in [-0.1, -0.05) is 37.3 Å². The number of amides is 3. The highest BCUT2D eigenvalue weighted by Crippen LogP contribution is 2.32. The number of rotatable bonds is 7. The molecule has 1 atom stereocenters. The molecule has 1 aromatic carbocycles. The summed E-state index contributed by atoms with van der Waals surface area (Å²) < 4.78 is 0. The van der Waals surface area contributed by atoms with Crippen LogP contribution in [0, 0.1) is 0 Å². The van der Waals surface area contributed by atoms with E-state index in [1.807, 2.05) is 37.3 Å². The van der Waals surface area contributed by atoms with E-state index in [0.717, 1.165) is 12.0 Å². The number of hydrogen-bond acceptors (Lipinski definition) is 3. The van der Waals surface area contributed by atoms with Crippen molar-refractivity contribution in [1.82, 2.24) is 10.2 Å². The minimum atomic E-state index is -0.935. The van der Waals surface area contributed by atoms with Gasteiger partial charge in [0.15, 0.2) is 0 Å². The molecule has 1 unspecified atom stereocenters. The standard InChI is InChI=1S/C16H22N2O3/c1-2-16(13-9-5-3-6-10-13)14(20)18(15(21)17-16)11-7-4-8-12-19/h3,5-6,9-10,19H,2,4,7-8,11-12H2,1H3,(H,17,21). The minimum absolute atomic E-state index is 0.142. The Labute approximate surface area is 125 Å². The van der Waals surface area contributed by atoms with Gasteiger partial charge in [0, 0.05) is 13.2 Å². The Kier molecular flexibility index (Phi) is 4.96. The average Bonchev–Trinajstić information content (AvgIpc) is 2.77. The number of hydrogen-bond donors (Lipinski definition) is 2. The Balaban J connectivity index is 2.15. The fourth-order valence-electron chi connectivity index (χ4n) is 2.75. The van der Waals surface area contributed by atoms with Gasteiger partial charge in [0.05, 0.1) is 0 Å². The number of aliphatic hydroxyl groups excluding tert-OH is 1. The van der Waals surface area contributed by atoms with Crippen LogP contribution in [0.3, 0.4) is 0 Å². The largest absolute Gasteiger partial charge is 0.396 e. The van der Waals surface area contributed by atoms with Crippen LogP contribution in [-0.2, 0) is 10.3 Å². The first kappa shape index (κ1) is 15.5. The van der Waals surface area contributed by atoms with Gasteiger partial charge in [0.2, 0.25) is 0 Å². The van der Waals surface area contributed by atoms with Crippen LogP contribution in [-0.4, -0.2) is 35.1 Å². The first-order chi connectivity index (χ1) is 10.2. The van der Waals surface area contributed by atoms with E-state index in [2.05, 4.69) is 5.32 Å². The molecule has 3 amide bonds. The molecule has 2 rings (SSSR count). The van der Waals surface area contributed by atoms with E-state index >= 15 is 0 Å². The zero-order chi connectivity index (χ0) is 15.3.